The number of aromatic nitrogens is 5. The van der Waals surface area contributed by atoms with Gasteiger partial charge in [-0.05, 0) is 93.7 Å². The van der Waals surface area contributed by atoms with E-state index in [4.69, 9.17) is 15.0 Å². The van der Waals surface area contributed by atoms with Gasteiger partial charge in [-0.15, -0.1) is 0 Å². The van der Waals surface area contributed by atoms with Crippen LogP contribution in [0.25, 0.3) is 133 Å². The molecule has 11 aromatic carbocycles. The van der Waals surface area contributed by atoms with Crippen molar-refractivity contribution in [3.05, 3.63) is 261 Å². The molecule has 0 saturated heterocycles. The van der Waals surface area contributed by atoms with Crippen molar-refractivity contribution in [2.75, 3.05) is 0 Å². The van der Waals surface area contributed by atoms with Gasteiger partial charge in [-0.25, -0.2) is 15.0 Å². The Morgan fingerprint density at radius 2 is 0.736 bits per heavy atom. The predicted molar refractivity (Wildman–Crippen MR) is 299 cm³/mol. The predicted octanol–water partition coefficient (Wildman–Crippen LogP) is 17.2. The van der Waals surface area contributed by atoms with Gasteiger partial charge < -0.3 is 9.13 Å². The van der Waals surface area contributed by atoms with Crippen LogP contribution in [0.4, 0.5) is 0 Å². The van der Waals surface area contributed by atoms with Crippen LogP contribution >= 0.6 is 0 Å². The number of fused-ring (bicyclic) bond motifs is 7. The summed E-state index contributed by atoms with van der Waals surface area (Å²) >= 11 is 0. The number of para-hydroxylation sites is 4. The van der Waals surface area contributed by atoms with Crippen molar-refractivity contribution in [1.29, 1.82) is 0 Å². The molecule has 72 heavy (non-hydrogen) atoms. The fourth-order valence-electron chi connectivity index (χ4n) is 10.8. The van der Waals surface area contributed by atoms with Crippen molar-refractivity contribution in [3.63, 3.8) is 0 Å². The van der Waals surface area contributed by atoms with E-state index in [0.717, 1.165) is 88.9 Å². The zero-order chi connectivity index (χ0) is 47.5. The van der Waals surface area contributed by atoms with Gasteiger partial charge in [0.25, 0.3) is 0 Å². The Bertz CT molecular complexity index is 4370. The quantitative estimate of drug-likeness (QED) is 0.153. The van der Waals surface area contributed by atoms with E-state index in [-0.39, 0.29) is 0 Å². The summed E-state index contributed by atoms with van der Waals surface area (Å²) in [6.07, 6.45) is 0. The summed E-state index contributed by atoms with van der Waals surface area (Å²) in [4.78, 5) is 16.4. The molecule has 3 heterocycles. The number of nitrogens with zero attached hydrogens (tertiary/aromatic N) is 5. The van der Waals surface area contributed by atoms with Gasteiger partial charge in [0.1, 0.15) is 0 Å². The minimum Gasteiger partial charge on any atom is -0.309 e. The van der Waals surface area contributed by atoms with Crippen molar-refractivity contribution in [2.24, 2.45) is 0 Å². The zero-order valence-corrected chi connectivity index (χ0v) is 39.1. The molecule has 0 unspecified atom stereocenters. The van der Waals surface area contributed by atoms with Gasteiger partial charge in [-0.1, -0.05) is 200 Å². The lowest BCUT2D eigenvalue weighted by Gasteiger charge is -2.21. The number of benzene rings is 11. The highest BCUT2D eigenvalue weighted by Crippen LogP contribution is 2.46. The first-order valence-electron chi connectivity index (χ1n) is 24.4. The second-order valence-electron chi connectivity index (χ2n) is 18.4. The normalized spacial score (nSPS) is 11.6. The number of hydrogen-bond donors (Lipinski definition) is 0. The molecule has 14 rings (SSSR count). The van der Waals surface area contributed by atoms with Crippen LogP contribution < -0.4 is 0 Å². The molecular formula is C67H43N5. The largest absolute Gasteiger partial charge is 0.309 e. The summed E-state index contributed by atoms with van der Waals surface area (Å²) in [6, 6.07) is 93.1. The smallest absolute Gasteiger partial charge is 0.166 e. The first kappa shape index (κ1) is 41.3. The highest BCUT2D eigenvalue weighted by Gasteiger charge is 2.25. The Labute approximate surface area is 416 Å². The van der Waals surface area contributed by atoms with E-state index in [1.54, 1.807) is 0 Å². The molecule has 0 amide bonds. The van der Waals surface area contributed by atoms with Crippen LogP contribution in [0.15, 0.2) is 261 Å². The second-order valence-corrected chi connectivity index (χ2v) is 18.4. The molecule has 0 radical (unpaired) electrons. The molecular weight excluding hydrogens is 875 g/mol. The van der Waals surface area contributed by atoms with Crippen LogP contribution in [0.5, 0.6) is 0 Å². The third kappa shape index (κ3) is 6.90. The molecule has 336 valence electrons. The molecule has 0 bridgehead atoms. The SMILES string of the molecule is c1ccc(-c2cccc(-c3cc(-c4nc(-c5ccccc5)nc(-c5cccc6c7ccccc7n(-c7ccccc7)c56)n4)cc(-c4ccccc4)c3-n3c4ccccc4c4cc5ccccc5cc43)c2)cc1. The Morgan fingerprint density at radius 3 is 1.44 bits per heavy atom. The molecule has 0 N–H and O–H groups in total. The molecule has 0 aliphatic carbocycles. The molecule has 3 aromatic heterocycles. The monoisotopic (exact) mass is 917 g/mol. The van der Waals surface area contributed by atoms with E-state index in [2.05, 4.69) is 252 Å². The van der Waals surface area contributed by atoms with Crippen molar-refractivity contribution < 1.29 is 0 Å². The summed E-state index contributed by atoms with van der Waals surface area (Å²) in [7, 11) is 0. The summed E-state index contributed by atoms with van der Waals surface area (Å²) in [5.74, 6) is 1.77. The van der Waals surface area contributed by atoms with Gasteiger partial charge in [0.2, 0.25) is 0 Å². The summed E-state index contributed by atoms with van der Waals surface area (Å²) < 4.78 is 4.84. The highest BCUT2D eigenvalue weighted by atomic mass is 15.1. The topological polar surface area (TPSA) is 48.5 Å². The van der Waals surface area contributed by atoms with Crippen LogP contribution in [0.2, 0.25) is 0 Å². The lowest BCUT2D eigenvalue weighted by Crippen LogP contribution is -2.04. The van der Waals surface area contributed by atoms with E-state index >= 15 is 0 Å². The Hall–Kier alpha value is -9.71. The lowest BCUT2D eigenvalue weighted by molar-refractivity contribution is 1.07. The summed E-state index contributed by atoms with van der Waals surface area (Å²) in [5, 5.41) is 7.09. The second kappa shape index (κ2) is 17.1. The lowest BCUT2D eigenvalue weighted by atomic mass is 9.91. The van der Waals surface area contributed by atoms with Crippen LogP contribution in [0.3, 0.4) is 0 Å². The zero-order valence-electron chi connectivity index (χ0n) is 39.1. The minimum atomic E-state index is 0.579. The maximum atomic E-state index is 5.57. The summed E-state index contributed by atoms with van der Waals surface area (Å²) in [6.45, 7) is 0. The maximum Gasteiger partial charge on any atom is 0.166 e. The highest BCUT2D eigenvalue weighted by molar-refractivity contribution is 6.15. The van der Waals surface area contributed by atoms with E-state index in [0.29, 0.717) is 17.5 Å². The molecule has 5 heteroatoms. The molecule has 14 aromatic rings. The van der Waals surface area contributed by atoms with Crippen molar-refractivity contribution in [1.82, 2.24) is 24.1 Å². The maximum absolute atomic E-state index is 5.57. The minimum absolute atomic E-state index is 0.579. The van der Waals surface area contributed by atoms with Gasteiger partial charge in [-0.3, -0.25) is 0 Å². The van der Waals surface area contributed by atoms with Gasteiger partial charge >= 0.3 is 0 Å². The molecule has 0 aliphatic rings. The fourth-order valence-corrected chi connectivity index (χ4v) is 10.8. The average molecular weight is 918 g/mol. The van der Waals surface area contributed by atoms with Crippen LogP contribution in [-0.2, 0) is 0 Å². The molecule has 0 fully saturated rings. The van der Waals surface area contributed by atoms with Crippen LogP contribution in [0.1, 0.15) is 0 Å². The molecule has 0 aliphatic heterocycles. The van der Waals surface area contributed by atoms with Gasteiger partial charge in [0, 0.05) is 55.0 Å². The average Bonchev–Trinajstić information content (AvgIpc) is 3.97. The number of hydrogen-bond acceptors (Lipinski definition) is 3. The Kier molecular flexibility index (Phi) is 9.78. The van der Waals surface area contributed by atoms with Gasteiger partial charge in [0.15, 0.2) is 17.5 Å². The van der Waals surface area contributed by atoms with Crippen molar-refractivity contribution in [3.8, 4) is 78.9 Å². The Balaban J connectivity index is 1.10. The van der Waals surface area contributed by atoms with E-state index in [1.807, 2.05) is 18.2 Å². The van der Waals surface area contributed by atoms with E-state index < -0.39 is 0 Å². The van der Waals surface area contributed by atoms with Crippen LogP contribution in [0, 0.1) is 0 Å². The molecule has 0 spiro atoms. The standard InChI is InChI=1S/C67H43N5/c1-5-21-44(22-6-1)47-29-19-30-50(39-47)58-42-51(41-57(45-23-7-2-8-24-45)64(58)72-61-38-18-16-34-54(61)59-40-48-27-13-14-28-49(48)43-62(59)72)66-68-65(46-25-9-3-10-26-46)69-67(70-66)56-36-20-35-55-53-33-15-17-37-60(53)71(63(55)56)52-31-11-4-12-32-52/h1-43H. The van der Waals surface area contributed by atoms with E-state index in [9.17, 15) is 0 Å². The summed E-state index contributed by atoms with van der Waals surface area (Å²) in [5.41, 5.74) is 15.8. The van der Waals surface area contributed by atoms with Gasteiger partial charge in [0.05, 0.1) is 27.8 Å². The fraction of sp³-hybridized carbons (Fsp3) is 0. The first-order chi connectivity index (χ1) is 35.7. The molecule has 5 nitrogen and oxygen atoms in total. The third-order valence-electron chi connectivity index (χ3n) is 14.1. The molecule has 0 saturated carbocycles. The first-order valence-corrected chi connectivity index (χ1v) is 24.4. The van der Waals surface area contributed by atoms with E-state index in [1.165, 1.54) is 26.9 Å². The van der Waals surface area contributed by atoms with Crippen LogP contribution in [-0.4, -0.2) is 24.1 Å². The Morgan fingerprint density at radius 1 is 0.250 bits per heavy atom. The third-order valence-corrected chi connectivity index (χ3v) is 14.1. The van der Waals surface area contributed by atoms with Gasteiger partial charge in [-0.2, -0.15) is 0 Å². The van der Waals surface area contributed by atoms with Crippen molar-refractivity contribution >= 4 is 54.4 Å². The van der Waals surface area contributed by atoms with Crippen molar-refractivity contribution in [2.45, 2.75) is 0 Å². The molecule has 0 atom stereocenters. The number of rotatable bonds is 8.